The zero-order chi connectivity index (χ0) is 30.9. The second-order valence-corrected chi connectivity index (χ2v) is 13.1. The third-order valence-corrected chi connectivity index (χ3v) is 8.28. The van der Waals surface area contributed by atoms with Crippen LogP contribution in [0.1, 0.15) is 37.5 Å². The molecule has 0 saturated carbocycles. The number of nitrogens with one attached hydrogen (secondary N) is 1. The van der Waals surface area contributed by atoms with E-state index in [1.54, 1.807) is 30.1 Å². The number of pyridine rings is 2. The molecule has 0 aliphatic rings. The molecule has 3 aromatic heterocycles. The highest BCUT2D eigenvalue weighted by molar-refractivity contribution is 7.90. The largest absolute Gasteiger partial charge is 0.453 e. The van der Waals surface area contributed by atoms with E-state index in [1.165, 1.54) is 48.8 Å². The van der Waals surface area contributed by atoms with E-state index < -0.39 is 21.6 Å². The summed E-state index contributed by atoms with van der Waals surface area (Å²) in [5.41, 5.74) is 1.97. The van der Waals surface area contributed by atoms with Crippen molar-refractivity contribution in [1.29, 1.82) is 0 Å². The lowest BCUT2D eigenvalue weighted by molar-refractivity contribution is -0.115. The predicted molar refractivity (Wildman–Crippen MR) is 158 cm³/mol. The maximum absolute atomic E-state index is 15.3. The van der Waals surface area contributed by atoms with E-state index in [0.717, 1.165) is 6.07 Å². The van der Waals surface area contributed by atoms with Gasteiger partial charge in [-0.25, -0.2) is 17.8 Å². The van der Waals surface area contributed by atoms with Crippen LogP contribution in [-0.4, -0.2) is 34.1 Å². The molecule has 0 atom stereocenters. The van der Waals surface area contributed by atoms with Crippen LogP contribution < -0.4 is 10.1 Å². The first kappa shape index (κ1) is 29.8. The molecule has 9 nitrogen and oxygen atoms in total. The molecule has 0 radical (unpaired) electrons. The Kier molecular flexibility index (Phi) is 7.98. The predicted octanol–water partition coefficient (Wildman–Crippen LogP) is 6.12. The van der Waals surface area contributed by atoms with Crippen LogP contribution in [0.4, 0.5) is 14.5 Å². The molecule has 0 spiro atoms. The molecule has 0 aliphatic heterocycles. The summed E-state index contributed by atoms with van der Waals surface area (Å²) in [4.78, 5) is 20.4. The maximum atomic E-state index is 15.3. The van der Waals surface area contributed by atoms with Crippen molar-refractivity contribution in [1.82, 2.24) is 19.7 Å². The first-order valence-electron chi connectivity index (χ1n) is 13.3. The number of nitrogens with zero attached hydrogens (tertiary/aromatic N) is 4. The second kappa shape index (κ2) is 11.5. The van der Waals surface area contributed by atoms with E-state index in [1.807, 2.05) is 20.8 Å². The number of rotatable bonds is 8. The molecule has 2 aromatic carbocycles. The lowest BCUT2D eigenvalue weighted by atomic mass is 10.1. The molecule has 5 aromatic rings. The number of aryl methyl sites for hydroxylation is 1. The van der Waals surface area contributed by atoms with Gasteiger partial charge in [-0.05, 0) is 80.8 Å². The van der Waals surface area contributed by atoms with Crippen LogP contribution in [0, 0.1) is 18.7 Å². The van der Waals surface area contributed by atoms with E-state index >= 15 is 4.39 Å². The smallest absolute Gasteiger partial charge is 0.228 e. The summed E-state index contributed by atoms with van der Waals surface area (Å²) >= 11 is 0. The van der Waals surface area contributed by atoms with Crippen molar-refractivity contribution in [2.24, 2.45) is 0 Å². The molecular weight excluding hydrogens is 576 g/mol. The molecule has 0 fully saturated rings. The van der Waals surface area contributed by atoms with Crippen molar-refractivity contribution in [3.63, 3.8) is 0 Å². The Morgan fingerprint density at radius 2 is 1.79 bits per heavy atom. The summed E-state index contributed by atoms with van der Waals surface area (Å²) in [5.74, 6) is -1.96. The van der Waals surface area contributed by atoms with Crippen molar-refractivity contribution >= 4 is 32.3 Å². The summed E-state index contributed by atoms with van der Waals surface area (Å²) in [6.07, 6.45) is 5.87. The number of halogens is 2. The van der Waals surface area contributed by atoms with Crippen LogP contribution in [0.3, 0.4) is 0 Å². The lowest BCUT2D eigenvalue weighted by Gasteiger charge is -2.18. The fourth-order valence-corrected chi connectivity index (χ4v) is 5.81. The van der Waals surface area contributed by atoms with Crippen molar-refractivity contribution in [3.05, 3.63) is 102 Å². The zero-order valence-electron chi connectivity index (χ0n) is 23.9. The molecule has 43 heavy (non-hydrogen) atoms. The van der Waals surface area contributed by atoms with Gasteiger partial charge >= 0.3 is 0 Å². The fraction of sp³-hybridized carbons (Fsp3) is 0.226. The Morgan fingerprint density at radius 3 is 2.47 bits per heavy atom. The van der Waals surface area contributed by atoms with Crippen molar-refractivity contribution < 1.29 is 26.7 Å². The first-order chi connectivity index (χ1) is 20.3. The number of carbonyl (C=O) groups excluding carboxylic acids is 1. The molecular formula is C31H29F2N5O4S. The molecule has 0 bridgehead atoms. The molecule has 1 N–H and O–H groups in total. The van der Waals surface area contributed by atoms with Crippen LogP contribution in [-0.2, 0) is 32.3 Å². The van der Waals surface area contributed by atoms with Gasteiger partial charge in [0.1, 0.15) is 5.75 Å². The third-order valence-electron chi connectivity index (χ3n) is 6.60. The summed E-state index contributed by atoms with van der Waals surface area (Å²) in [5, 5.41) is 7.40. The van der Waals surface area contributed by atoms with Gasteiger partial charge in [0.05, 0.1) is 40.0 Å². The highest BCUT2D eigenvalue weighted by Crippen LogP contribution is 2.34. The molecule has 3 heterocycles. The number of sulfone groups is 1. The monoisotopic (exact) mass is 605 g/mol. The van der Waals surface area contributed by atoms with Crippen molar-refractivity contribution in [3.8, 4) is 11.5 Å². The molecule has 0 saturated heterocycles. The van der Waals surface area contributed by atoms with Gasteiger partial charge < -0.3 is 10.1 Å². The Hall–Kier alpha value is -4.71. The third kappa shape index (κ3) is 6.86. The second-order valence-electron chi connectivity index (χ2n) is 11.1. The quantitative estimate of drug-likeness (QED) is 0.212. The zero-order valence-corrected chi connectivity index (χ0v) is 24.7. The van der Waals surface area contributed by atoms with E-state index in [2.05, 4.69) is 20.4 Å². The number of hydrogen-bond acceptors (Lipinski definition) is 7. The van der Waals surface area contributed by atoms with Gasteiger partial charge in [-0.15, -0.1) is 0 Å². The number of carbonyl (C=O) groups is 1. The molecule has 1 amide bonds. The number of amides is 1. The minimum atomic E-state index is -3.83. The van der Waals surface area contributed by atoms with Gasteiger partial charge in [-0.2, -0.15) is 9.49 Å². The van der Waals surface area contributed by atoms with Gasteiger partial charge in [0, 0.05) is 24.0 Å². The Balaban J connectivity index is 1.36. The van der Waals surface area contributed by atoms with E-state index in [9.17, 15) is 17.6 Å². The van der Waals surface area contributed by atoms with Crippen molar-refractivity contribution in [2.75, 3.05) is 5.32 Å². The van der Waals surface area contributed by atoms with Crippen molar-refractivity contribution in [2.45, 2.75) is 50.3 Å². The van der Waals surface area contributed by atoms with E-state index in [0.29, 0.717) is 33.3 Å². The van der Waals surface area contributed by atoms with Crippen LogP contribution in [0.2, 0.25) is 0 Å². The number of hydrogen-bond donors (Lipinski definition) is 1. The van der Waals surface area contributed by atoms with Gasteiger partial charge in [-0.1, -0.05) is 12.1 Å². The Morgan fingerprint density at radius 1 is 1.00 bits per heavy atom. The minimum Gasteiger partial charge on any atom is -0.453 e. The van der Waals surface area contributed by atoms with E-state index in [-0.39, 0.29) is 40.0 Å². The van der Waals surface area contributed by atoms with Crippen LogP contribution in [0.5, 0.6) is 11.5 Å². The highest BCUT2D eigenvalue weighted by Gasteiger charge is 2.20. The number of aromatic nitrogens is 4. The standard InChI is InChI=1S/C31H29F2N5O4S/c1-19-11-21(13-29(39)37-22-16-36-38(17-22)31(2,3)4)12-25(32)30(19)42-27-9-10-34-26-7-6-23(14-24(26)27)43(40,41)18-20-5-8-28(33)35-15-20/h5-12,14-17H,13,18H2,1-4H3,(H,37,39). The normalized spacial score (nSPS) is 12.0. The summed E-state index contributed by atoms with van der Waals surface area (Å²) < 4.78 is 62.4. The number of benzene rings is 2. The highest BCUT2D eigenvalue weighted by atomic mass is 32.2. The van der Waals surface area contributed by atoms with Gasteiger partial charge in [0.15, 0.2) is 21.4 Å². The van der Waals surface area contributed by atoms with Crippen LogP contribution in [0.15, 0.2) is 78.2 Å². The summed E-state index contributed by atoms with van der Waals surface area (Å²) in [6.45, 7) is 7.63. The Bertz CT molecular complexity index is 1910. The average molecular weight is 606 g/mol. The van der Waals surface area contributed by atoms with Gasteiger partial charge in [-0.3, -0.25) is 14.5 Å². The average Bonchev–Trinajstić information content (AvgIpc) is 3.41. The van der Waals surface area contributed by atoms with Gasteiger partial charge in [0.25, 0.3) is 0 Å². The summed E-state index contributed by atoms with van der Waals surface area (Å²) in [6, 6.07) is 11.2. The fourth-order valence-electron chi connectivity index (χ4n) is 4.47. The number of fused-ring (bicyclic) bond motifs is 1. The summed E-state index contributed by atoms with van der Waals surface area (Å²) in [7, 11) is -3.83. The molecule has 12 heteroatoms. The lowest BCUT2D eigenvalue weighted by Crippen LogP contribution is -2.22. The SMILES string of the molecule is Cc1cc(CC(=O)Nc2cnn(C(C)(C)C)c2)cc(F)c1Oc1ccnc2ccc(S(=O)(=O)Cc3ccc(F)nc3)cc12. The van der Waals surface area contributed by atoms with Gasteiger partial charge in [0.2, 0.25) is 11.9 Å². The molecule has 0 unspecified atom stereocenters. The first-order valence-corrected chi connectivity index (χ1v) is 15.0. The van der Waals surface area contributed by atoms with E-state index in [4.69, 9.17) is 4.74 Å². The molecule has 5 rings (SSSR count). The maximum Gasteiger partial charge on any atom is 0.228 e. The molecule has 0 aliphatic carbocycles. The minimum absolute atomic E-state index is 0.00577. The number of anilines is 1. The topological polar surface area (TPSA) is 116 Å². The Labute approximate surface area is 247 Å². The molecule has 222 valence electrons. The van der Waals surface area contributed by atoms with Crippen LogP contribution >= 0.6 is 0 Å². The van der Waals surface area contributed by atoms with Crippen LogP contribution in [0.25, 0.3) is 10.9 Å². The number of ether oxygens (including phenoxy) is 1.